The quantitative estimate of drug-likeness (QED) is 0.203. The maximum absolute atomic E-state index is 14.0. The van der Waals surface area contributed by atoms with Gasteiger partial charge in [0, 0.05) is 39.2 Å². The molecule has 0 fully saturated rings. The number of para-hydroxylation sites is 1. The van der Waals surface area contributed by atoms with Crippen LogP contribution in [0.2, 0.25) is 5.02 Å². The minimum absolute atomic E-state index is 0.0559. The molecule has 0 spiro atoms. The van der Waals surface area contributed by atoms with Gasteiger partial charge < -0.3 is 14.4 Å². The zero-order valence-electron chi connectivity index (χ0n) is 24.5. The highest BCUT2D eigenvalue weighted by atomic mass is 35.5. The summed E-state index contributed by atoms with van der Waals surface area (Å²) in [4.78, 5) is 29.2. The molecule has 0 saturated carbocycles. The third-order valence-electron chi connectivity index (χ3n) is 7.02. The molecule has 10 nitrogen and oxygen atoms in total. The van der Waals surface area contributed by atoms with Crippen LogP contribution in [0.25, 0.3) is 11.0 Å². The Morgan fingerprint density at radius 3 is 2.40 bits per heavy atom. The van der Waals surface area contributed by atoms with Crippen LogP contribution in [0.3, 0.4) is 0 Å². The van der Waals surface area contributed by atoms with E-state index in [0.29, 0.717) is 28.2 Å². The third kappa shape index (κ3) is 6.56. The van der Waals surface area contributed by atoms with Crippen LogP contribution in [0.5, 0.6) is 0 Å². The highest BCUT2D eigenvalue weighted by molar-refractivity contribution is 7.90. The van der Waals surface area contributed by atoms with Gasteiger partial charge in [0.15, 0.2) is 9.84 Å². The van der Waals surface area contributed by atoms with Crippen LogP contribution < -0.4 is 15.1 Å². The zero-order chi connectivity index (χ0) is 32.7. The van der Waals surface area contributed by atoms with Gasteiger partial charge in [-0.2, -0.15) is 18.2 Å². The van der Waals surface area contributed by atoms with Crippen molar-refractivity contribution in [2.45, 2.75) is 24.5 Å². The first-order chi connectivity index (χ1) is 21.1. The summed E-state index contributed by atoms with van der Waals surface area (Å²) in [5, 5.41) is 2.19. The number of aromatic nitrogens is 4. The third-order valence-corrected chi connectivity index (χ3v) is 8.45. The second-order valence-corrected chi connectivity index (χ2v) is 12.6. The molecule has 0 aliphatic heterocycles. The van der Waals surface area contributed by atoms with Crippen LogP contribution in [0.1, 0.15) is 18.1 Å². The molecule has 0 aliphatic carbocycles. The smallest absolute Gasteiger partial charge is 0.327 e. The Hall–Kier alpha value is -4.69. The van der Waals surface area contributed by atoms with E-state index < -0.39 is 32.5 Å². The van der Waals surface area contributed by atoms with Crippen molar-refractivity contribution in [1.82, 2.24) is 19.5 Å². The molecular formula is C30H27ClF3N7O3S. The van der Waals surface area contributed by atoms with E-state index in [1.54, 1.807) is 66.5 Å². The van der Waals surface area contributed by atoms with Gasteiger partial charge in [-0.05, 0) is 48.0 Å². The van der Waals surface area contributed by atoms with Gasteiger partial charge in [0.25, 0.3) is 0 Å². The minimum Gasteiger partial charge on any atom is -0.327 e. The van der Waals surface area contributed by atoms with E-state index in [9.17, 15) is 26.4 Å². The number of nitrogens with zero attached hydrogens (tertiary/aromatic N) is 6. The van der Waals surface area contributed by atoms with Crippen molar-refractivity contribution in [2.24, 2.45) is 0 Å². The average Bonchev–Trinajstić information content (AvgIpc) is 3.31. The fourth-order valence-electron chi connectivity index (χ4n) is 4.85. The van der Waals surface area contributed by atoms with Crippen LogP contribution in [0.15, 0.2) is 77.8 Å². The second-order valence-electron chi connectivity index (χ2n) is 10.2. The van der Waals surface area contributed by atoms with E-state index in [1.807, 2.05) is 0 Å². The topological polar surface area (TPSA) is 113 Å². The van der Waals surface area contributed by atoms with Crippen molar-refractivity contribution in [2.75, 3.05) is 35.5 Å². The standard InChI is InChI=1S/C30H27ClF3N7O3S/c1-18(42)36-29-38-27-23(12-7-13-24(27)41(29)17-19-8-5-11-22(31)26(19)30(32,33)34)40(3)25-14-15-35-28(37-25)39(2)20-9-6-10-21(16-20)45(4,43)44/h5-16H,17H2,1-4H3,(H,36,38,42). The number of carbonyl (C=O) groups excluding carboxylic acids is 1. The number of amides is 1. The molecule has 0 unspecified atom stereocenters. The predicted molar refractivity (Wildman–Crippen MR) is 167 cm³/mol. The summed E-state index contributed by atoms with van der Waals surface area (Å²) >= 11 is 5.97. The average molecular weight is 658 g/mol. The van der Waals surface area contributed by atoms with Crippen molar-refractivity contribution in [3.05, 3.63) is 89.1 Å². The molecule has 3 aromatic carbocycles. The maximum atomic E-state index is 14.0. The molecule has 0 aliphatic rings. The SMILES string of the molecule is CC(=O)Nc1nc2c(N(C)c3ccnc(N(C)c4cccc(S(C)(=O)=O)c4)n3)cccc2n1Cc1cccc(Cl)c1C(F)(F)F. The highest BCUT2D eigenvalue weighted by Gasteiger charge is 2.36. The van der Waals surface area contributed by atoms with Crippen LogP contribution in [-0.2, 0) is 27.4 Å². The number of halogens is 4. The van der Waals surface area contributed by atoms with Crippen molar-refractivity contribution < 1.29 is 26.4 Å². The molecule has 5 aromatic rings. The van der Waals surface area contributed by atoms with Gasteiger partial charge in [0.2, 0.25) is 17.8 Å². The largest absolute Gasteiger partial charge is 0.418 e. The fourth-order valence-corrected chi connectivity index (χ4v) is 5.82. The first-order valence-electron chi connectivity index (χ1n) is 13.4. The molecule has 0 radical (unpaired) electrons. The van der Waals surface area contributed by atoms with Crippen molar-refractivity contribution >= 4 is 67.5 Å². The number of nitrogens with one attached hydrogen (secondary N) is 1. The van der Waals surface area contributed by atoms with Crippen LogP contribution >= 0.6 is 11.6 Å². The molecule has 234 valence electrons. The number of imidazole rings is 1. The van der Waals surface area contributed by atoms with E-state index >= 15 is 0 Å². The summed E-state index contributed by atoms with van der Waals surface area (Å²) < 4.78 is 67.5. The minimum atomic E-state index is -4.70. The molecule has 15 heteroatoms. The summed E-state index contributed by atoms with van der Waals surface area (Å²) in [7, 11) is 0.00533. The molecule has 2 aromatic heterocycles. The van der Waals surface area contributed by atoms with Crippen LogP contribution in [0.4, 0.5) is 42.3 Å². The summed E-state index contributed by atoms with van der Waals surface area (Å²) in [6.07, 6.45) is -2.03. The number of carbonyl (C=O) groups is 1. The summed E-state index contributed by atoms with van der Waals surface area (Å²) in [5.74, 6) is 0.332. The van der Waals surface area contributed by atoms with Gasteiger partial charge in [0.1, 0.15) is 11.3 Å². The van der Waals surface area contributed by atoms with Gasteiger partial charge in [-0.15, -0.1) is 0 Å². The molecule has 45 heavy (non-hydrogen) atoms. The summed E-state index contributed by atoms with van der Waals surface area (Å²) in [6.45, 7) is 1.01. The number of hydrogen-bond acceptors (Lipinski definition) is 8. The van der Waals surface area contributed by atoms with Gasteiger partial charge in [-0.25, -0.2) is 18.4 Å². The number of benzene rings is 3. The second kappa shape index (κ2) is 12.0. The normalized spacial score (nSPS) is 11.9. The lowest BCUT2D eigenvalue weighted by molar-refractivity contribution is -0.138. The first kappa shape index (κ1) is 31.7. The van der Waals surface area contributed by atoms with Crippen LogP contribution in [-0.4, -0.2) is 54.2 Å². The van der Waals surface area contributed by atoms with Gasteiger partial charge >= 0.3 is 6.18 Å². The van der Waals surface area contributed by atoms with E-state index in [1.165, 1.54) is 41.8 Å². The Morgan fingerprint density at radius 1 is 1.00 bits per heavy atom. The lowest BCUT2D eigenvalue weighted by atomic mass is 10.1. The molecule has 1 N–H and O–H groups in total. The Labute approximate surface area is 262 Å². The predicted octanol–water partition coefficient (Wildman–Crippen LogP) is 6.44. The molecule has 2 heterocycles. The molecular weight excluding hydrogens is 631 g/mol. The van der Waals surface area contributed by atoms with Gasteiger partial charge in [-0.1, -0.05) is 35.9 Å². The van der Waals surface area contributed by atoms with E-state index in [-0.39, 0.29) is 28.9 Å². The van der Waals surface area contributed by atoms with E-state index in [4.69, 9.17) is 11.6 Å². The van der Waals surface area contributed by atoms with E-state index in [2.05, 4.69) is 20.3 Å². The Kier molecular flexibility index (Phi) is 8.47. The lowest BCUT2D eigenvalue weighted by Gasteiger charge is -2.22. The van der Waals surface area contributed by atoms with Gasteiger partial charge in [0.05, 0.1) is 33.2 Å². The Bertz CT molecular complexity index is 2030. The van der Waals surface area contributed by atoms with Gasteiger partial charge in [-0.3, -0.25) is 10.1 Å². The van der Waals surface area contributed by atoms with Crippen molar-refractivity contribution in [3.8, 4) is 0 Å². The number of alkyl halides is 3. The van der Waals surface area contributed by atoms with Crippen molar-refractivity contribution in [3.63, 3.8) is 0 Å². The number of anilines is 5. The number of fused-ring (bicyclic) bond motifs is 1. The number of rotatable bonds is 8. The number of sulfone groups is 1. The van der Waals surface area contributed by atoms with Crippen molar-refractivity contribution in [1.29, 1.82) is 0 Å². The Morgan fingerprint density at radius 2 is 1.71 bits per heavy atom. The summed E-state index contributed by atoms with van der Waals surface area (Å²) in [5.41, 5.74) is 0.899. The lowest BCUT2D eigenvalue weighted by Crippen LogP contribution is -2.17. The first-order valence-corrected chi connectivity index (χ1v) is 15.6. The molecule has 1 amide bonds. The Balaban J connectivity index is 1.57. The molecule has 0 saturated heterocycles. The maximum Gasteiger partial charge on any atom is 0.418 e. The monoisotopic (exact) mass is 657 g/mol. The zero-order valence-corrected chi connectivity index (χ0v) is 26.0. The number of hydrogen-bond donors (Lipinski definition) is 1. The molecule has 5 rings (SSSR count). The van der Waals surface area contributed by atoms with E-state index in [0.717, 1.165) is 6.26 Å². The fraction of sp³-hybridized carbons (Fsp3) is 0.200. The highest BCUT2D eigenvalue weighted by Crippen LogP contribution is 2.39. The summed E-state index contributed by atoms with van der Waals surface area (Å²) in [6, 6.07) is 17.2. The molecule has 0 bridgehead atoms. The van der Waals surface area contributed by atoms with Crippen LogP contribution in [0, 0.1) is 0 Å². The molecule has 0 atom stereocenters.